The smallest absolute Gasteiger partial charge is 0.123 e. The quantitative estimate of drug-likeness (QED) is 0.828. The number of piperidine rings is 1. The highest BCUT2D eigenvalue weighted by Crippen LogP contribution is 2.17. The van der Waals surface area contributed by atoms with Crippen molar-refractivity contribution >= 4 is 0 Å². The maximum absolute atomic E-state index is 13.0. The lowest BCUT2D eigenvalue weighted by Gasteiger charge is -2.34. The average Bonchev–Trinajstić information content (AvgIpc) is 2.50. The van der Waals surface area contributed by atoms with Gasteiger partial charge in [-0.15, -0.1) is 0 Å². The molecule has 0 amide bonds. The summed E-state index contributed by atoms with van der Waals surface area (Å²) >= 11 is 0. The lowest BCUT2D eigenvalue weighted by Crippen LogP contribution is -2.41. The second-order valence-corrected chi connectivity index (χ2v) is 6.37. The summed E-state index contributed by atoms with van der Waals surface area (Å²) in [5.41, 5.74) is 1.23. The molecule has 1 heterocycles. The fraction of sp³-hybridized carbons (Fsp3) is 0.667. The van der Waals surface area contributed by atoms with Crippen molar-refractivity contribution in [2.45, 2.75) is 45.6 Å². The number of nitrogens with zero attached hydrogens (tertiary/aromatic N) is 1. The summed E-state index contributed by atoms with van der Waals surface area (Å²) in [4.78, 5) is 2.62. The second-order valence-electron chi connectivity index (χ2n) is 6.37. The maximum atomic E-state index is 13.0. The van der Waals surface area contributed by atoms with Crippen LogP contribution in [-0.4, -0.2) is 37.1 Å². The van der Waals surface area contributed by atoms with Crippen molar-refractivity contribution in [2.24, 2.45) is 5.92 Å². The first-order valence-electron chi connectivity index (χ1n) is 8.38. The van der Waals surface area contributed by atoms with Gasteiger partial charge in [0.05, 0.1) is 0 Å². The Morgan fingerprint density at radius 1 is 1.24 bits per heavy atom. The Morgan fingerprint density at radius 2 is 1.90 bits per heavy atom. The van der Waals surface area contributed by atoms with E-state index in [1.807, 2.05) is 12.1 Å². The molecule has 2 nitrogen and oxygen atoms in total. The van der Waals surface area contributed by atoms with Crippen LogP contribution in [0.15, 0.2) is 24.3 Å². The molecule has 1 unspecified atom stereocenters. The molecule has 0 radical (unpaired) electrons. The Kier molecular flexibility index (Phi) is 6.65. The van der Waals surface area contributed by atoms with E-state index in [0.29, 0.717) is 6.04 Å². The van der Waals surface area contributed by atoms with Crippen LogP contribution in [0.4, 0.5) is 4.39 Å². The van der Waals surface area contributed by atoms with Crippen molar-refractivity contribution in [3.05, 3.63) is 35.6 Å². The summed E-state index contributed by atoms with van der Waals surface area (Å²) < 4.78 is 13.0. The van der Waals surface area contributed by atoms with Crippen LogP contribution in [0.25, 0.3) is 0 Å². The number of hydrogen-bond donors (Lipinski definition) is 1. The van der Waals surface area contributed by atoms with Crippen molar-refractivity contribution in [3.63, 3.8) is 0 Å². The highest BCUT2D eigenvalue weighted by Gasteiger charge is 2.20. The Morgan fingerprint density at radius 3 is 2.52 bits per heavy atom. The molecule has 0 aromatic heterocycles. The molecular weight excluding hydrogens is 263 g/mol. The molecule has 1 saturated heterocycles. The zero-order valence-corrected chi connectivity index (χ0v) is 13.4. The van der Waals surface area contributed by atoms with E-state index in [1.54, 1.807) is 12.1 Å². The molecule has 0 bridgehead atoms. The molecule has 0 saturated carbocycles. The van der Waals surface area contributed by atoms with Gasteiger partial charge in [0.25, 0.3) is 0 Å². The minimum absolute atomic E-state index is 0.147. The van der Waals surface area contributed by atoms with Crippen LogP contribution in [0.2, 0.25) is 0 Å². The van der Waals surface area contributed by atoms with Gasteiger partial charge < -0.3 is 10.2 Å². The average molecular weight is 292 g/mol. The number of rotatable bonds is 7. The topological polar surface area (TPSA) is 15.3 Å². The minimum Gasteiger partial charge on any atom is -0.317 e. The van der Waals surface area contributed by atoms with Crippen molar-refractivity contribution in [3.8, 4) is 0 Å². The van der Waals surface area contributed by atoms with E-state index in [9.17, 15) is 4.39 Å². The van der Waals surface area contributed by atoms with Gasteiger partial charge in [-0.25, -0.2) is 4.39 Å². The first-order chi connectivity index (χ1) is 10.2. The van der Waals surface area contributed by atoms with E-state index in [0.717, 1.165) is 32.0 Å². The number of halogens is 1. The third-order valence-corrected chi connectivity index (χ3v) is 4.53. The zero-order valence-electron chi connectivity index (χ0n) is 13.4. The van der Waals surface area contributed by atoms with Gasteiger partial charge in [0, 0.05) is 12.6 Å². The number of nitrogens with one attached hydrogen (secondary N) is 1. The van der Waals surface area contributed by atoms with Crippen LogP contribution < -0.4 is 5.32 Å². The molecule has 2 rings (SSSR count). The Balaban J connectivity index is 1.90. The molecular formula is C18H29FN2. The maximum Gasteiger partial charge on any atom is 0.123 e. The molecule has 3 heteroatoms. The highest BCUT2D eigenvalue weighted by atomic mass is 19.1. The summed E-state index contributed by atoms with van der Waals surface area (Å²) in [6.07, 6.45) is 4.79. The molecule has 0 aliphatic carbocycles. The van der Waals surface area contributed by atoms with Gasteiger partial charge in [-0.3, -0.25) is 0 Å². The minimum atomic E-state index is -0.147. The zero-order chi connectivity index (χ0) is 15.1. The Bertz CT molecular complexity index is 398. The lowest BCUT2D eigenvalue weighted by atomic mass is 9.96. The van der Waals surface area contributed by atoms with E-state index >= 15 is 0 Å². The monoisotopic (exact) mass is 292 g/mol. The molecule has 1 aliphatic heterocycles. The van der Waals surface area contributed by atoms with Crippen molar-refractivity contribution in [1.82, 2.24) is 10.2 Å². The molecule has 0 spiro atoms. The molecule has 1 fully saturated rings. The van der Waals surface area contributed by atoms with E-state index in [2.05, 4.69) is 24.1 Å². The summed E-state index contributed by atoms with van der Waals surface area (Å²) in [5.74, 6) is 0.681. The molecule has 21 heavy (non-hydrogen) atoms. The Hall–Kier alpha value is -0.930. The third-order valence-electron chi connectivity index (χ3n) is 4.53. The standard InChI is InChI=1S/C18H29FN2/c1-3-12-21(14-17-8-10-20-11-9-17)15(2)13-16-4-6-18(19)7-5-16/h4-7,15,17,20H,3,8-14H2,1-2H3. The van der Waals surface area contributed by atoms with E-state index < -0.39 is 0 Å². The molecule has 1 aromatic rings. The third kappa shape index (κ3) is 5.40. The SMILES string of the molecule is CCCN(CC1CCNCC1)C(C)Cc1ccc(F)cc1. The van der Waals surface area contributed by atoms with Crippen LogP contribution >= 0.6 is 0 Å². The lowest BCUT2D eigenvalue weighted by molar-refractivity contribution is 0.159. The van der Waals surface area contributed by atoms with Gasteiger partial charge in [-0.05, 0) is 75.9 Å². The first kappa shape index (κ1) is 16.4. The number of benzene rings is 1. The van der Waals surface area contributed by atoms with Crippen LogP contribution in [0.3, 0.4) is 0 Å². The summed E-state index contributed by atoms with van der Waals surface area (Å²) in [5, 5.41) is 3.44. The van der Waals surface area contributed by atoms with Crippen LogP contribution in [0, 0.1) is 11.7 Å². The predicted molar refractivity (Wildman–Crippen MR) is 87.0 cm³/mol. The normalized spacial score (nSPS) is 18.1. The van der Waals surface area contributed by atoms with Gasteiger partial charge in [0.1, 0.15) is 5.82 Å². The largest absolute Gasteiger partial charge is 0.317 e. The Labute approximate surface area is 128 Å². The molecule has 1 atom stereocenters. The summed E-state index contributed by atoms with van der Waals surface area (Å²) in [6, 6.07) is 7.49. The predicted octanol–water partition coefficient (Wildman–Crippen LogP) is 3.47. The van der Waals surface area contributed by atoms with E-state index in [1.165, 1.54) is 31.4 Å². The first-order valence-corrected chi connectivity index (χ1v) is 8.38. The fourth-order valence-corrected chi connectivity index (χ4v) is 3.27. The molecule has 1 aliphatic rings. The van der Waals surface area contributed by atoms with Gasteiger partial charge in [-0.1, -0.05) is 19.1 Å². The molecule has 1 aromatic carbocycles. The second kappa shape index (κ2) is 8.50. The van der Waals surface area contributed by atoms with E-state index in [4.69, 9.17) is 0 Å². The van der Waals surface area contributed by atoms with Crippen LogP contribution in [-0.2, 0) is 6.42 Å². The summed E-state index contributed by atoms with van der Waals surface area (Å²) in [6.45, 7) is 9.25. The summed E-state index contributed by atoms with van der Waals surface area (Å²) in [7, 11) is 0. The van der Waals surface area contributed by atoms with Crippen molar-refractivity contribution in [2.75, 3.05) is 26.2 Å². The van der Waals surface area contributed by atoms with Gasteiger partial charge >= 0.3 is 0 Å². The molecule has 1 N–H and O–H groups in total. The van der Waals surface area contributed by atoms with Crippen LogP contribution in [0.5, 0.6) is 0 Å². The van der Waals surface area contributed by atoms with Gasteiger partial charge in [0.15, 0.2) is 0 Å². The van der Waals surface area contributed by atoms with Gasteiger partial charge in [0.2, 0.25) is 0 Å². The molecule has 118 valence electrons. The number of hydrogen-bond acceptors (Lipinski definition) is 2. The van der Waals surface area contributed by atoms with E-state index in [-0.39, 0.29) is 5.82 Å². The van der Waals surface area contributed by atoms with Crippen molar-refractivity contribution in [1.29, 1.82) is 0 Å². The van der Waals surface area contributed by atoms with Crippen molar-refractivity contribution < 1.29 is 4.39 Å². The fourth-order valence-electron chi connectivity index (χ4n) is 3.27. The van der Waals surface area contributed by atoms with Gasteiger partial charge in [-0.2, -0.15) is 0 Å². The highest BCUT2D eigenvalue weighted by molar-refractivity contribution is 5.17. The van der Waals surface area contributed by atoms with Crippen LogP contribution in [0.1, 0.15) is 38.7 Å².